The van der Waals surface area contributed by atoms with Crippen molar-refractivity contribution in [1.29, 1.82) is 0 Å². The average Bonchev–Trinajstić information content (AvgIpc) is 3.02. The summed E-state index contributed by atoms with van der Waals surface area (Å²) in [7, 11) is 0. The summed E-state index contributed by atoms with van der Waals surface area (Å²) < 4.78 is 0. The van der Waals surface area contributed by atoms with Crippen LogP contribution in [0.15, 0.2) is 54.6 Å². The molecule has 1 saturated heterocycles. The van der Waals surface area contributed by atoms with Gasteiger partial charge in [0, 0.05) is 23.8 Å². The zero-order valence-corrected chi connectivity index (χ0v) is 14.7. The number of nitrogens with zero attached hydrogens (tertiary/aromatic N) is 1. The van der Waals surface area contributed by atoms with Gasteiger partial charge in [-0.2, -0.15) is 0 Å². The Morgan fingerprint density at radius 1 is 1.12 bits per heavy atom. The topological polar surface area (TPSA) is 49.4 Å². The number of rotatable bonds is 6. The molecule has 25 heavy (non-hydrogen) atoms. The van der Waals surface area contributed by atoms with E-state index in [1.54, 1.807) is 29.2 Å². The van der Waals surface area contributed by atoms with Crippen LogP contribution in [0.4, 0.5) is 5.69 Å². The minimum absolute atomic E-state index is 0.136. The summed E-state index contributed by atoms with van der Waals surface area (Å²) in [6, 6.07) is 17.3. The fraction of sp³-hybridized carbons (Fsp3) is 0.300. The molecule has 130 valence electrons. The molecule has 0 saturated carbocycles. The first-order chi connectivity index (χ1) is 12.1. The molecule has 0 radical (unpaired) electrons. The highest BCUT2D eigenvalue weighted by Crippen LogP contribution is 2.26. The van der Waals surface area contributed by atoms with E-state index in [0.717, 1.165) is 18.5 Å². The molecule has 1 unspecified atom stereocenters. The Labute approximate surface area is 152 Å². The molecule has 5 heteroatoms. The Hall–Kier alpha value is -2.33. The van der Waals surface area contributed by atoms with Gasteiger partial charge in [-0.15, -0.1) is 0 Å². The zero-order valence-electron chi connectivity index (χ0n) is 14.0. The van der Waals surface area contributed by atoms with Gasteiger partial charge in [0.05, 0.1) is 0 Å². The van der Waals surface area contributed by atoms with Crippen molar-refractivity contribution < 1.29 is 9.59 Å². The molecular formula is C20H21ClN2O2. The first-order valence-corrected chi connectivity index (χ1v) is 8.91. The lowest BCUT2D eigenvalue weighted by Gasteiger charge is -2.16. The predicted molar refractivity (Wildman–Crippen MR) is 99.7 cm³/mol. The molecular weight excluding hydrogens is 336 g/mol. The van der Waals surface area contributed by atoms with Gasteiger partial charge in [0.1, 0.15) is 5.92 Å². The first kappa shape index (κ1) is 17.5. The van der Waals surface area contributed by atoms with Crippen LogP contribution in [0, 0.1) is 5.92 Å². The van der Waals surface area contributed by atoms with Crippen LogP contribution >= 0.6 is 11.6 Å². The maximum absolute atomic E-state index is 12.5. The highest BCUT2D eigenvalue weighted by molar-refractivity contribution is 6.30. The highest BCUT2D eigenvalue weighted by Gasteiger charge is 2.37. The second-order valence-electron chi connectivity index (χ2n) is 6.19. The molecule has 2 aromatic carbocycles. The molecule has 0 bridgehead atoms. The average molecular weight is 357 g/mol. The van der Waals surface area contributed by atoms with Gasteiger partial charge in [-0.05, 0) is 49.1 Å². The minimum atomic E-state index is -0.590. The number of amides is 2. The summed E-state index contributed by atoms with van der Waals surface area (Å²) in [5.74, 6) is -0.898. The van der Waals surface area contributed by atoms with E-state index in [2.05, 4.69) is 17.4 Å². The number of hydrogen-bond donors (Lipinski definition) is 1. The van der Waals surface area contributed by atoms with E-state index in [-0.39, 0.29) is 11.8 Å². The van der Waals surface area contributed by atoms with Crippen LogP contribution in [0.5, 0.6) is 0 Å². The third-order valence-corrected chi connectivity index (χ3v) is 4.70. The molecule has 4 nitrogen and oxygen atoms in total. The second kappa shape index (κ2) is 8.17. The van der Waals surface area contributed by atoms with Crippen LogP contribution in [0.3, 0.4) is 0 Å². The van der Waals surface area contributed by atoms with E-state index < -0.39 is 5.92 Å². The quantitative estimate of drug-likeness (QED) is 0.636. The Kier molecular flexibility index (Phi) is 5.71. The minimum Gasteiger partial charge on any atom is -0.355 e. The summed E-state index contributed by atoms with van der Waals surface area (Å²) in [4.78, 5) is 26.5. The normalized spacial score (nSPS) is 16.9. The molecule has 0 aromatic heterocycles. The third kappa shape index (κ3) is 4.40. The molecule has 1 aliphatic heterocycles. The molecule has 0 spiro atoms. The summed E-state index contributed by atoms with van der Waals surface area (Å²) in [5.41, 5.74) is 2.04. The largest absolute Gasteiger partial charge is 0.355 e. The zero-order chi connectivity index (χ0) is 17.6. The van der Waals surface area contributed by atoms with Gasteiger partial charge >= 0.3 is 0 Å². The summed E-state index contributed by atoms with van der Waals surface area (Å²) in [5, 5.41) is 3.53. The van der Waals surface area contributed by atoms with E-state index >= 15 is 0 Å². The Balaban J connectivity index is 1.48. The molecule has 2 amide bonds. The number of aryl methyl sites for hydroxylation is 1. The smallest absolute Gasteiger partial charge is 0.239 e. The molecule has 1 N–H and O–H groups in total. The molecule has 1 atom stereocenters. The summed E-state index contributed by atoms with van der Waals surface area (Å²) in [6.45, 7) is 1.14. The molecule has 1 aliphatic rings. The maximum atomic E-state index is 12.5. The van der Waals surface area contributed by atoms with Crippen LogP contribution in [-0.2, 0) is 16.0 Å². The van der Waals surface area contributed by atoms with Gasteiger partial charge in [-0.1, -0.05) is 41.9 Å². The number of carbonyl (C=O) groups is 2. The summed E-state index contributed by atoms with van der Waals surface area (Å²) in [6.07, 6.45) is 2.32. The third-order valence-electron chi connectivity index (χ3n) is 4.44. The van der Waals surface area contributed by atoms with Crippen LogP contribution in [0.2, 0.25) is 5.02 Å². The van der Waals surface area contributed by atoms with Crippen molar-refractivity contribution in [3.8, 4) is 0 Å². The van der Waals surface area contributed by atoms with Crippen molar-refractivity contribution in [3.05, 3.63) is 65.2 Å². The number of halogens is 1. The van der Waals surface area contributed by atoms with Crippen LogP contribution < -0.4 is 10.2 Å². The van der Waals surface area contributed by atoms with Gasteiger partial charge < -0.3 is 10.2 Å². The van der Waals surface area contributed by atoms with Gasteiger partial charge in [0.15, 0.2) is 0 Å². The van der Waals surface area contributed by atoms with Crippen molar-refractivity contribution in [2.45, 2.75) is 19.3 Å². The fourth-order valence-corrected chi connectivity index (χ4v) is 3.20. The maximum Gasteiger partial charge on any atom is 0.239 e. The number of benzene rings is 2. The highest BCUT2D eigenvalue weighted by atomic mass is 35.5. The van der Waals surface area contributed by atoms with Gasteiger partial charge in [0.2, 0.25) is 11.8 Å². The van der Waals surface area contributed by atoms with E-state index in [4.69, 9.17) is 11.6 Å². The van der Waals surface area contributed by atoms with Crippen molar-refractivity contribution in [2.75, 3.05) is 18.0 Å². The predicted octanol–water partition coefficient (Wildman–Crippen LogP) is 3.44. The lowest BCUT2D eigenvalue weighted by atomic mass is 10.1. The fourth-order valence-electron chi connectivity index (χ4n) is 3.07. The van der Waals surface area contributed by atoms with E-state index in [1.807, 2.05) is 18.2 Å². The van der Waals surface area contributed by atoms with Crippen molar-refractivity contribution in [1.82, 2.24) is 5.32 Å². The van der Waals surface area contributed by atoms with Gasteiger partial charge in [-0.25, -0.2) is 0 Å². The molecule has 0 aliphatic carbocycles. The number of carbonyl (C=O) groups excluding carboxylic acids is 2. The van der Waals surface area contributed by atoms with E-state index in [1.165, 1.54) is 5.56 Å². The van der Waals surface area contributed by atoms with Crippen molar-refractivity contribution in [3.63, 3.8) is 0 Å². The molecule has 1 heterocycles. The van der Waals surface area contributed by atoms with E-state index in [0.29, 0.717) is 24.5 Å². The van der Waals surface area contributed by atoms with Gasteiger partial charge in [-0.3, -0.25) is 9.59 Å². The Bertz CT molecular complexity index is 731. The second-order valence-corrected chi connectivity index (χ2v) is 6.62. The van der Waals surface area contributed by atoms with Crippen molar-refractivity contribution in [2.24, 2.45) is 5.92 Å². The molecule has 3 rings (SSSR count). The Morgan fingerprint density at radius 3 is 2.56 bits per heavy atom. The number of anilines is 1. The lowest BCUT2D eigenvalue weighted by molar-refractivity contribution is -0.132. The number of hydrogen-bond acceptors (Lipinski definition) is 2. The first-order valence-electron chi connectivity index (χ1n) is 8.54. The molecule has 1 fully saturated rings. The van der Waals surface area contributed by atoms with E-state index in [9.17, 15) is 9.59 Å². The summed E-state index contributed by atoms with van der Waals surface area (Å²) >= 11 is 5.88. The Morgan fingerprint density at radius 2 is 1.84 bits per heavy atom. The van der Waals surface area contributed by atoms with Crippen molar-refractivity contribution >= 4 is 29.1 Å². The number of nitrogens with one attached hydrogen (secondary N) is 1. The van der Waals surface area contributed by atoms with Gasteiger partial charge in [0.25, 0.3) is 0 Å². The molecule has 2 aromatic rings. The standard InChI is InChI=1S/C20H21ClN2O2/c21-16-8-10-17(11-9-16)23-14-12-18(20(23)25)19(24)22-13-4-7-15-5-2-1-3-6-15/h1-3,5-6,8-11,18H,4,7,12-14H2,(H,22,24). The van der Waals surface area contributed by atoms with Crippen LogP contribution in [0.1, 0.15) is 18.4 Å². The SMILES string of the molecule is O=C(NCCCc1ccccc1)C1CCN(c2ccc(Cl)cc2)C1=O. The van der Waals surface area contributed by atoms with Crippen LogP contribution in [-0.4, -0.2) is 24.9 Å². The van der Waals surface area contributed by atoms with Crippen LogP contribution in [0.25, 0.3) is 0 Å². The lowest BCUT2D eigenvalue weighted by Crippen LogP contribution is -2.37. The monoisotopic (exact) mass is 356 g/mol.